The van der Waals surface area contributed by atoms with Crippen LogP contribution >= 0.6 is 0 Å². The summed E-state index contributed by atoms with van der Waals surface area (Å²) in [5.41, 5.74) is -1.65. The zero-order valence-corrected chi connectivity index (χ0v) is 12.0. The highest BCUT2D eigenvalue weighted by atomic mass is 16.3. The molecule has 0 bridgehead atoms. The first kappa shape index (κ1) is 16.9. The standard InChI is InChI=1S/C12H25N3O3/c1-7-13-10(17)14-9(16)8(2)15-11(3,4)12(5,6)18/h8,15,18H,7H2,1-6H3,(H2,13,14,16,17). The number of carbonyl (C=O) groups excluding carboxylic acids is 2. The van der Waals surface area contributed by atoms with E-state index in [0.717, 1.165) is 0 Å². The third-order valence-corrected chi connectivity index (χ3v) is 3.07. The van der Waals surface area contributed by atoms with Crippen molar-refractivity contribution in [2.75, 3.05) is 6.54 Å². The molecule has 0 fully saturated rings. The smallest absolute Gasteiger partial charge is 0.321 e. The van der Waals surface area contributed by atoms with Gasteiger partial charge in [0.2, 0.25) is 5.91 Å². The van der Waals surface area contributed by atoms with E-state index < -0.39 is 29.1 Å². The Morgan fingerprint density at radius 1 is 1.22 bits per heavy atom. The fourth-order valence-electron chi connectivity index (χ4n) is 1.21. The van der Waals surface area contributed by atoms with Crippen LogP contribution < -0.4 is 16.0 Å². The average Bonchev–Trinajstić information content (AvgIpc) is 2.15. The predicted octanol–water partition coefficient (Wildman–Crippen LogP) is 0.360. The molecule has 106 valence electrons. The minimum Gasteiger partial charge on any atom is -0.389 e. The Balaban J connectivity index is 4.45. The first-order valence-corrected chi connectivity index (χ1v) is 6.10. The van der Waals surface area contributed by atoms with Crippen molar-refractivity contribution in [3.05, 3.63) is 0 Å². The Kier molecular flexibility index (Phi) is 5.76. The summed E-state index contributed by atoms with van der Waals surface area (Å²) in [6.07, 6.45) is 0. The van der Waals surface area contributed by atoms with Gasteiger partial charge in [-0.05, 0) is 41.5 Å². The largest absolute Gasteiger partial charge is 0.389 e. The molecule has 0 spiro atoms. The fourth-order valence-corrected chi connectivity index (χ4v) is 1.21. The van der Waals surface area contributed by atoms with Crippen molar-refractivity contribution in [1.29, 1.82) is 0 Å². The maximum absolute atomic E-state index is 11.7. The first-order chi connectivity index (χ1) is 8.01. The van der Waals surface area contributed by atoms with Gasteiger partial charge in [0, 0.05) is 12.1 Å². The van der Waals surface area contributed by atoms with Crippen molar-refractivity contribution >= 4 is 11.9 Å². The Bertz CT molecular complexity index is 308. The molecule has 0 aliphatic heterocycles. The zero-order valence-electron chi connectivity index (χ0n) is 12.0. The number of nitrogens with one attached hydrogen (secondary N) is 3. The molecule has 0 aromatic rings. The number of amides is 3. The second-order valence-electron chi connectivity index (χ2n) is 5.40. The van der Waals surface area contributed by atoms with Gasteiger partial charge in [-0.15, -0.1) is 0 Å². The van der Waals surface area contributed by atoms with Crippen molar-refractivity contribution in [2.45, 2.75) is 58.7 Å². The molecule has 1 atom stereocenters. The van der Waals surface area contributed by atoms with Crippen LogP contribution in [0, 0.1) is 0 Å². The SMILES string of the molecule is CCNC(=O)NC(=O)C(C)NC(C)(C)C(C)(C)O. The van der Waals surface area contributed by atoms with E-state index in [1.54, 1.807) is 41.5 Å². The summed E-state index contributed by atoms with van der Waals surface area (Å²) in [7, 11) is 0. The molecule has 0 rings (SSSR count). The van der Waals surface area contributed by atoms with Crippen LogP contribution in [-0.4, -0.2) is 40.8 Å². The van der Waals surface area contributed by atoms with Crippen molar-refractivity contribution in [3.8, 4) is 0 Å². The van der Waals surface area contributed by atoms with E-state index in [1.807, 2.05) is 0 Å². The molecule has 3 amide bonds. The van der Waals surface area contributed by atoms with Crippen LogP contribution in [0.3, 0.4) is 0 Å². The highest BCUT2D eigenvalue weighted by Crippen LogP contribution is 2.21. The summed E-state index contributed by atoms with van der Waals surface area (Å²) >= 11 is 0. The van der Waals surface area contributed by atoms with Gasteiger partial charge in [0.25, 0.3) is 0 Å². The summed E-state index contributed by atoms with van der Waals surface area (Å²) < 4.78 is 0. The van der Waals surface area contributed by atoms with E-state index in [0.29, 0.717) is 6.54 Å². The molecule has 6 nitrogen and oxygen atoms in total. The first-order valence-electron chi connectivity index (χ1n) is 6.10. The van der Waals surface area contributed by atoms with E-state index in [-0.39, 0.29) is 0 Å². The lowest BCUT2D eigenvalue weighted by atomic mass is 9.85. The molecule has 1 unspecified atom stereocenters. The lowest BCUT2D eigenvalue weighted by Crippen LogP contribution is -2.61. The van der Waals surface area contributed by atoms with Gasteiger partial charge in [-0.3, -0.25) is 15.4 Å². The second kappa shape index (κ2) is 6.15. The molecular weight excluding hydrogens is 234 g/mol. The van der Waals surface area contributed by atoms with Gasteiger partial charge in [-0.25, -0.2) is 4.79 Å². The number of aliphatic hydroxyl groups is 1. The topological polar surface area (TPSA) is 90.5 Å². The summed E-state index contributed by atoms with van der Waals surface area (Å²) in [5.74, 6) is -0.432. The van der Waals surface area contributed by atoms with Gasteiger partial charge < -0.3 is 10.4 Å². The van der Waals surface area contributed by atoms with Crippen molar-refractivity contribution in [2.24, 2.45) is 0 Å². The van der Waals surface area contributed by atoms with Gasteiger partial charge >= 0.3 is 6.03 Å². The number of imide groups is 1. The maximum Gasteiger partial charge on any atom is 0.321 e. The molecule has 0 aliphatic carbocycles. The molecule has 0 saturated heterocycles. The van der Waals surface area contributed by atoms with Crippen LogP contribution in [0.1, 0.15) is 41.5 Å². The Morgan fingerprint density at radius 2 is 1.72 bits per heavy atom. The summed E-state index contributed by atoms with van der Waals surface area (Å²) in [5, 5.41) is 17.7. The quantitative estimate of drug-likeness (QED) is 0.574. The molecular formula is C12H25N3O3. The molecule has 18 heavy (non-hydrogen) atoms. The normalized spacial score (nSPS) is 13.9. The number of rotatable bonds is 5. The Labute approximate surface area is 109 Å². The highest BCUT2D eigenvalue weighted by Gasteiger charge is 2.37. The number of carbonyl (C=O) groups is 2. The molecule has 0 saturated carbocycles. The van der Waals surface area contributed by atoms with Crippen LogP contribution in [0.4, 0.5) is 4.79 Å². The average molecular weight is 259 g/mol. The Hall–Kier alpha value is -1.14. The number of urea groups is 1. The van der Waals surface area contributed by atoms with Gasteiger partial charge in [-0.2, -0.15) is 0 Å². The van der Waals surface area contributed by atoms with Crippen LogP contribution in [0.5, 0.6) is 0 Å². The lowest BCUT2D eigenvalue weighted by Gasteiger charge is -2.39. The lowest BCUT2D eigenvalue weighted by molar-refractivity contribution is -0.123. The van der Waals surface area contributed by atoms with Crippen molar-refractivity contribution < 1.29 is 14.7 Å². The number of hydrogen-bond donors (Lipinski definition) is 4. The second-order valence-corrected chi connectivity index (χ2v) is 5.40. The number of hydrogen-bond acceptors (Lipinski definition) is 4. The summed E-state index contributed by atoms with van der Waals surface area (Å²) in [6.45, 7) is 10.8. The monoisotopic (exact) mass is 259 g/mol. The van der Waals surface area contributed by atoms with Gasteiger partial charge in [0.05, 0.1) is 11.6 Å². The summed E-state index contributed by atoms with van der Waals surface area (Å²) in [4.78, 5) is 22.9. The molecule has 0 radical (unpaired) electrons. The minimum absolute atomic E-state index is 0.432. The van der Waals surface area contributed by atoms with Gasteiger partial charge in [-0.1, -0.05) is 0 Å². The molecule has 6 heteroatoms. The molecule has 0 aliphatic rings. The third kappa shape index (κ3) is 5.01. The van der Waals surface area contributed by atoms with Crippen molar-refractivity contribution in [3.63, 3.8) is 0 Å². The predicted molar refractivity (Wildman–Crippen MR) is 70.2 cm³/mol. The summed E-state index contributed by atoms with van der Waals surface area (Å²) in [6, 6.07) is -1.11. The molecule has 0 aromatic carbocycles. The molecule has 4 N–H and O–H groups in total. The zero-order chi connectivity index (χ0) is 14.6. The van der Waals surface area contributed by atoms with E-state index in [9.17, 15) is 14.7 Å². The van der Waals surface area contributed by atoms with E-state index in [2.05, 4.69) is 16.0 Å². The Morgan fingerprint density at radius 3 is 2.11 bits per heavy atom. The highest BCUT2D eigenvalue weighted by molar-refractivity contribution is 5.96. The maximum atomic E-state index is 11.7. The third-order valence-electron chi connectivity index (χ3n) is 3.07. The molecule has 0 aromatic heterocycles. The van der Waals surface area contributed by atoms with E-state index in [4.69, 9.17) is 0 Å². The van der Waals surface area contributed by atoms with Gasteiger partial charge in [0.15, 0.2) is 0 Å². The van der Waals surface area contributed by atoms with Crippen LogP contribution in [0.25, 0.3) is 0 Å². The fraction of sp³-hybridized carbons (Fsp3) is 0.833. The van der Waals surface area contributed by atoms with Crippen molar-refractivity contribution in [1.82, 2.24) is 16.0 Å². The molecule has 0 heterocycles. The van der Waals surface area contributed by atoms with E-state index >= 15 is 0 Å². The van der Waals surface area contributed by atoms with Crippen LogP contribution in [0.15, 0.2) is 0 Å². The van der Waals surface area contributed by atoms with Crippen LogP contribution in [0.2, 0.25) is 0 Å². The van der Waals surface area contributed by atoms with Crippen LogP contribution in [-0.2, 0) is 4.79 Å². The van der Waals surface area contributed by atoms with E-state index in [1.165, 1.54) is 0 Å². The van der Waals surface area contributed by atoms with Gasteiger partial charge in [0.1, 0.15) is 0 Å². The minimum atomic E-state index is -0.993.